The van der Waals surface area contributed by atoms with Crippen LogP contribution in [0.1, 0.15) is 29.9 Å². The molecule has 142 valence electrons. The fourth-order valence-corrected chi connectivity index (χ4v) is 4.74. The van der Waals surface area contributed by atoms with Crippen LogP contribution in [-0.4, -0.2) is 28.0 Å². The molecule has 2 rings (SSSR count). The molecule has 9 heteroatoms. The van der Waals surface area contributed by atoms with Crippen LogP contribution in [0.5, 0.6) is 0 Å². The van der Waals surface area contributed by atoms with Gasteiger partial charge in [0.2, 0.25) is 15.9 Å². The average Bonchev–Trinajstić information content (AvgIpc) is 3.01. The van der Waals surface area contributed by atoms with E-state index in [0.29, 0.717) is 22.0 Å². The van der Waals surface area contributed by atoms with Gasteiger partial charge in [0.1, 0.15) is 6.10 Å². The van der Waals surface area contributed by atoms with Crippen molar-refractivity contribution >= 4 is 44.6 Å². The number of hydrogen-bond acceptors (Lipinski definition) is 5. The Labute approximate surface area is 162 Å². The summed E-state index contributed by atoms with van der Waals surface area (Å²) in [6, 6.07) is 8.24. The van der Waals surface area contributed by atoms with E-state index in [0.717, 1.165) is 4.88 Å². The van der Waals surface area contributed by atoms with Crippen LogP contribution in [0, 0.1) is 6.92 Å². The number of nitrogens with one attached hydrogen (secondary N) is 2. The number of anilines is 1. The summed E-state index contributed by atoms with van der Waals surface area (Å²) in [5, 5.41) is 2.71. The molecule has 0 fully saturated rings. The van der Waals surface area contributed by atoms with Crippen LogP contribution in [0.4, 0.5) is 5.69 Å². The summed E-state index contributed by atoms with van der Waals surface area (Å²) >= 11 is 7.27. The Bertz CT molecular complexity index is 881. The Hall–Kier alpha value is -1.45. The van der Waals surface area contributed by atoms with Gasteiger partial charge in [-0.3, -0.25) is 4.79 Å². The molecule has 0 radical (unpaired) electrons. The molecule has 1 amide bonds. The van der Waals surface area contributed by atoms with Gasteiger partial charge in [0.05, 0.1) is 9.23 Å². The molecule has 0 saturated heterocycles. The quantitative estimate of drug-likeness (QED) is 0.686. The van der Waals surface area contributed by atoms with Crippen molar-refractivity contribution in [3.05, 3.63) is 45.1 Å². The molecule has 1 unspecified atom stereocenters. The van der Waals surface area contributed by atoms with Gasteiger partial charge in [0, 0.05) is 30.6 Å². The van der Waals surface area contributed by atoms with E-state index >= 15 is 0 Å². The maximum Gasteiger partial charge on any atom is 0.240 e. The van der Waals surface area contributed by atoms with Crippen LogP contribution in [0.2, 0.25) is 4.34 Å². The molecule has 0 saturated carbocycles. The van der Waals surface area contributed by atoms with E-state index in [9.17, 15) is 13.2 Å². The summed E-state index contributed by atoms with van der Waals surface area (Å²) in [4.78, 5) is 12.5. The van der Waals surface area contributed by atoms with E-state index < -0.39 is 16.1 Å². The maximum absolute atomic E-state index is 12.6. The number of carbonyl (C=O) groups is 1. The van der Waals surface area contributed by atoms with Crippen molar-refractivity contribution in [2.45, 2.75) is 31.3 Å². The van der Waals surface area contributed by atoms with Crippen molar-refractivity contribution in [2.24, 2.45) is 0 Å². The molecule has 2 N–H and O–H groups in total. The summed E-state index contributed by atoms with van der Waals surface area (Å²) < 4.78 is 33.8. The zero-order chi connectivity index (χ0) is 19.3. The number of ether oxygens (including phenoxy) is 1. The van der Waals surface area contributed by atoms with Crippen molar-refractivity contribution in [2.75, 3.05) is 19.0 Å². The summed E-state index contributed by atoms with van der Waals surface area (Å²) in [5.74, 6) is -0.129. The number of hydrogen-bond donors (Lipinski definition) is 2. The van der Waals surface area contributed by atoms with Crippen molar-refractivity contribution in [3.63, 3.8) is 0 Å². The Morgan fingerprint density at radius 2 is 2.04 bits per heavy atom. The number of methoxy groups -OCH3 is 1. The normalized spacial score (nSPS) is 12.8. The summed E-state index contributed by atoms with van der Waals surface area (Å²) in [6.07, 6.45) is -0.0723. The lowest BCUT2D eigenvalue weighted by molar-refractivity contribution is -0.115. The van der Waals surface area contributed by atoms with E-state index in [1.807, 2.05) is 6.07 Å². The van der Waals surface area contributed by atoms with Gasteiger partial charge < -0.3 is 10.1 Å². The smallest absolute Gasteiger partial charge is 0.240 e. The fourth-order valence-electron chi connectivity index (χ4n) is 2.34. The van der Waals surface area contributed by atoms with E-state index in [-0.39, 0.29) is 17.3 Å². The molecule has 6 nitrogen and oxygen atoms in total. The second-order valence-corrected chi connectivity index (χ2v) is 9.08. The third-order valence-electron chi connectivity index (χ3n) is 3.72. The number of carbonyl (C=O) groups excluding carboxylic acids is 1. The lowest BCUT2D eigenvalue weighted by Gasteiger charge is -2.16. The fraction of sp³-hybridized carbons (Fsp3) is 0.353. The van der Waals surface area contributed by atoms with Crippen LogP contribution in [0.15, 0.2) is 35.2 Å². The van der Waals surface area contributed by atoms with Gasteiger partial charge >= 0.3 is 0 Å². The Morgan fingerprint density at radius 3 is 2.58 bits per heavy atom. The molecule has 0 aliphatic rings. The van der Waals surface area contributed by atoms with Crippen LogP contribution < -0.4 is 10.0 Å². The van der Waals surface area contributed by atoms with Gasteiger partial charge in [-0.1, -0.05) is 18.5 Å². The Kier molecular flexibility index (Phi) is 7.19. The first-order valence-electron chi connectivity index (χ1n) is 7.95. The van der Waals surface area contributed by atoms with Crippen molar-refractivity contribution in [1.82, 2.24) is 4.72 Å². The molecule has 1 heterocycles. The third kappa shape index (κ3) is 5.28. The van der Waals surface area contributed by atoms with Gasteiger partial charge in [-0.05, 0) is 42.8 Å². The number of thiophene rings is 1. The van der Waals surface area contributed by atoms with Crippen LogP contribution in [-0.2, 0) is 19.6 Å². The summed E-state index contributed by atoms with van der Waals surface area (Å²) in [5.41, 5.74) is 1.11. The zero-order valence-electron chi connectivity index (χ0n) is 14.7. The molecule has 1 atom stereocenters. The standard InChI is InChI=1S/C17H21ClN2O4S2/c1-4-17(21)20-12-5-7-15(11(2)9-12)26(22,23)19-10-13(24-3)14-6-8-16(18)25-14/h5-9,13,19H,4,10H2,1-3H3,(H,20,21). The minimum absolute atomic E-state index is 0.0867. The first-order chi connectivity index (χ1) is 12.3. The van der Waals surface area contributed by atoms with Crippen LogP contribution >= 0.6 is 22.9 Å². The van der Waals surface area contributed by atoms with Gasteiger partial charge in [-0.2, -0.15) is 0 Å². The van der Waals surface area contributed by atoms with E-state index in [2.05, 4.69) is 10.0 Å². The highest BCUT2D eigenvalue weighted by Gasteiger charge is 2.21. The van der Waals surface area contributed by atoms with E-state index in [1.165, 1.54) is 24.5 Å². The highest BCUT2D eigenvalue weighted by Crippen LogP contribution is 2.29. The minimum Gasteiger partial charge on any atom is -0.375 e. The second kappa shape index (κ2) is 8.96. The van der Waals surface area contributed by atoms with Gasteiger partial charge in [0.15, 0.2) is 0 Å². The predicted octanol–water partition coefficient (Wildman–Crippen LogP) is 3.72. The first-order valence-corrected chi connectivity index (χ1v) is 10.6. The van der Waals surface area contributed by atoms with Gasteiger partial charge in [0.25, 0.3) is 0 Å². The molecule has 0 aliphatic carbocycles. The van der Waals surface area contributed by atoms with Crippen molar-refractivity contribution in [1.29, 1.82) is 0 Å². The minimum atomic E-state index is -3.72. The second-order valence-electron chi connectivity index (χ2n) is 5.60. The molecule has 0 spiro atoms. The van der Waals surface area contributed by atoms with Crippen molar-refractivity contribution in [3.8, 4) is 0 Å². The SMILES string of the molecule is CCC(=O)Nc1ccc(S(=O)(=O)NCC(OC)c2ccc(Cl)s2)c(C)c1. The van der Waals surface area contributed by atoms with Crippen LogP contribution in [0.3, 0.4) is 0 Å². The third-order valence-corrected chi connectivity index (χ3v) is 6.63. The van der Waals surface area contributed by atoms with Crippen LogP contribution in [0.25, 0.3) is 0 Å². The lowest BCUT2D eigenvalue weighted by Crippen LogP contribution is -2.29. The number of aryl methyl sites for hydroxylation is 1. The van der Waals surface area contributed by atoms with Crippen molar-refractivity contribution < 1.29 is 17.9 Å². The largest absolute Gasteiger partial charge is 0.375 e. The van der Waals surface area contributed by atoms with E-state index in [4.69, 9.17) is 16.3 Å². The molecule has 26 heavy (non-hydrogen) atoms. The van der Waals surface area contributed by atoms with E-state index in [1.54, 1.807) is 32.0 Å². The number of rotatable bonds is 8. The maximum atomic E-state index is 12.6. The molecular weight excluding hydrogens is 396 g/mol. The number of benzene rings is 1. The monoisotopic (exact) mass is 416 g/mol. The topological polar surface area (TPSA) is 84.5 Å². The number of sulfonamides is 1. The van der Waals surface area contributed by atoms with Gasteiger partial charge in [-0.25, -0.2) is 13.1 Å². The molecule has 1 aromatic heterocycles. The summed E-state index contributed by atoms with van der Waals surface area (Å²) in [6.45, 7) is 3.52. The average molecular weight is 417 g/mol. The first kappa shape index (κ1) is 20.9. The Balaban J connectivity index is 2.12. The number of amides is 1. The Morgan fingerprint density at radius 1 is 1.31 bits per heavy atom. The molecule has 2 aromatic rings. The highest BCUT2D eigenvalue weighted by atomic mass is 35.5. The predicted molar refractivity (Wildman–Crippen MR) is 104 cm³/mol. The summed E-state index contributed by atoms with van der Waals surface area (Å²) in [7, 11) is -2.20. The highest BCUT2D eigenvalue weighted by molar-refractivity contribution is 7.89. The zero-order valence-corrected chi connectivity index (χ0v) is 17.1. The number of halogens is 1. The molecular formula is C17H21ClN2O4S2. The molecule has 0 bridgehead atoms. The lowest BCUT2D eigenvalue weighted by atomic mass is 10.2. The molecule has 0 aliphatic heterocycles. The molecule has 1 aromatic carbocycles. The van der Waals surface area contributed by atoms with Gasteiger partial charge in [-0.15, -0.1) is 11.3 Å².